The monoisotopic (exact) mass is 592 g/mol. The van der Waals surface area contributed by atoms with Gasteiger partial charge in [0.15, 0.2) is 6.23 Å². The zero-order valence-electron chi connectivity index (χ0n) is 19.2. The smallest absolute Gasteiger partial charge is 0.387 e. The van der Waals surface area contributed by atoms with Gasteiger partial charge in [-0.2, -0.15) is 8.78 Å². The van der Waals surface area contributed by atoms with Gasteiger partial charge in [0.1, 0.15) is 35.6 Å². The number of hydrogen-bond acceptors (Lipinski definition) is 11. The van der Waals surface area contributed by atoms with Gasteiger partial charge >= 0.3 is 20.6 Å². The van der Waals surface area contributed by atoms with Crippen molar-refractivity contribution < 1.29 is 65.7 Å². The number of alkyl halides is 2. The summed E-state index contributed by atoms with van der Waals surface area (Å²) in [4.78, 5) is 46.1. The van der Waals surface area contributed by atoms with E-state index in [2.05, 4.69) is 19.6 Å². The molecule has 0 saturated carbocycles. The maximum Gasteiger partial charge on any atom is 0.444 e. The fourth-order valence-corrected chi connectivity index (χ4v) is 7.70. The van der Waals surface area contributed by atoms with E-state index in [1.807, 2.05) is 0 Å². The fraction of sp³-hybridized carbons (Fsp3) is 0.533. The molecule has 22 heteroatoms. The van der Waals surface area contributed by atoms with Gasteiger partial charge in [-0.1, -0.05) is 0 Å². The largest absolute Gasteiger partial charge is 0.444 e. The number of hydrogen-bond donors (Lipinski definition) is 6. The van der Waals surface area contributed by atoms with Crippen molar-refractivity contribution in [3.8, 4) is 0 Å². The second-order valence-electron chi connectivity index (χ2n) is 8.28. The summed E-state index contributed by atoms with van der Waals surface area (Å²) in [6, 6.07) is 1.49. The minimum Gasteiger partial charge on any atom is -0.387 e. The molecule has 0 aromatic carbocycles. The summed E-state index contributed by atoms with van der Waals surface area (Å²) >= 11 is 0. The molecule has 1 amide bonds. The van der Waals surface area contributed by atoms with Gasteiger partial charge in [-0.3, -0.25) is 18.5 Å². The van der Waals surface area contributed by atoms with Crippen LogP contribution in [0.15, 0.2) is 18.6 Å². The highest BCUT2D eigenvalue weighted by molar-refractivity contribution is 7.86. The second-order valence-corrected chi connectivity index (χ2v) is 14.3. The van der Waals surface area contributed by atoms with Gasteiger partial charge in [-0.25, -0.2) is 14.3 Å². The van der Waals surface area contributed by atoms with E-state index >= 15 is 0 Å². The summed E-state index contributed by atoms with van der Waals surface area (Å²) in [5.74, 6) is -0.263. The van der Waals surface area contributed by atoms with Gasteiger partial charge in [0.2, 0.25) is 5.91 Å². The highest BCUT2D eigenvalue weighted by atomic mass is 31.3. The topological polar surface area (TPSA) is 240 Å². The van der Waals surface area contributed by atoms with Crippen LogP contribution in [-0.2, 0) is 32.1 Å². The molecule has 16 nitrogen and oxygen atoms in total. The number of nitrogens with one attached hydrogen (secondary N) is 1. The van der Waals surface area contributed by atoms with E-state index in [1.54, 1.807) is 0 Å². The molecular formula is C15H22BF2N4O12P3. The Hall–Kier alpha value is -1.62. The Balaban J connectivity index is 1.80. The first-order valence-corrected chi connectivity index (χ1v) is 15.2. The van der Waals surface area contributed by atoms with Gasteiger partial charge in [-0.05, 0) is 13.0 Å². The van der Waals surface area contributed by atoms with Crippen molar-refractivity contribution in [1.29, 1.82) is 0 Å². The minimum atomic E-state index is -6.52. The predicted octanol–water partition coefficient (Wildman–Crippen LogP) is 0.0868. The van der Waals surface area contributed by atoms with Crippen molar-refractivity contribution in [2.24, 2.45) is 0 Å². The van der Waals surface area contributed by atoms with Gasteiger partial charge in [0.05, 0.1) is 12.0 Å². The van der Waals surface area contributed by atoms with Crippen molar-refractivity contribution in [1.82, 2.24) is 14.5 Å². The first kappa shape index (κ1) is 29.9. The highest BCUT2D eigenvalue weighted by Gasteiger charge is 2.66. The van der Waals surface area contributed by atoms with E-state index in [0.717, 1.165) is 6.33 Å². The Morgan fingerprint density at radius 3 is 2.51 bits per heavy atom. The Morgan fingerprint density at radius 1 is 1.32 bits per heavy atom. The minimum absolute atomic E-state index is 0.152. The maximum atomic E-state index is 13.7. The number of nitrogens with zero attached hydrogens (tertiary/aromatic N) is 3. The third kappa shape index (κ3) is 5.72. The fourth-order valence-electron chi connectivity index (χ4n) is 3.45. The number of fused-ring (bicyclic) bond motifs is 1. The van der Waals surface area contributed by atoms with Crippen LogP contribution < -0.4 is 5.32 Å². The number of aromatic nitrogens is 3. The standard InChI is InChI=1S/C15H22BF2N4O12P3/c1-7(23)21-11-8-3-4-22(12(8)20-6-19-11)13-14(2,25)10(24)9(33-13)5-32-37(16,31)34-36(29,30)15(17,18)35(26,27)28/h3-4,6,9-10,13,24-25H,5,16H2,1-2H3,(H,29,30)(H2,26,27,28)(H,19,20,21,23)/t9-,10?,13-,14-,37?/m1/s1. The summed E-state index contributed by atoms with van der Waals surface area (Å²) < 4.78 is 78.0. The van der Waals surface area contributed by atoms with E-state index in [0.29, 0.717) is 13.0 Å². The Bertz CT molecular complexity index is 1350. The van der Waals surface area contributed by atoms with Gasteiger partial charge < -0.3 is 44.0 Å². The molecule has 1 aliphatic heterocycles. The first-order valence-electron chi connectivity index (χ1n) is 10.1. The van der Waals surface area contributed by atoms with E-state index in [1.165, 1.54) is 30.7 Å². The lowest BCUT2D eigenvalue weighted by Crippen LogP contribution is -2.44. The maximum absolute atomic E-state index is 13.7. The summed E-state index contributed by atoms with van der Waals surface area (Å²) in [6.45, 7) is 1.50. The van der Waals surface area contributed by atoms with Crippen LogP contribution in [0, 0.1) is 0 Å². The van der Waals surface area contributed by atoms with Crippen LogP contribution in [0.5, 0.6) is 0 Å². The molecule has 3 unspecified atom stereocenters. The quantitative estimate of drug-likeness (QED) is 0.167. The summed E-state index contributed by atoms with van der Waals surface area (Å²) in [7, 11) is -17.5. The van der Waals surface area contributed by atoms with Crippen LogP contribution in [0.4, 0.5) is 14.6 Å². The first-order chi connectivity index (χ1) is 16.7. The van der Waals surface area contributed by atoms with E-state index in [9.17, 15) is 42.4 Å². The third-order valence-electron chi connectivity index (χ3n) is 5.23. The summed E-state index contributed by atoms with van der Waals surface area (Å²) in [5.41, 5.74) is -1.89. The van der Waals surface area contributed by atoms with Crippen LogP contribution >= 0.6 is 22.7 Å². The normalized spacial score (nSPS) is 28.1. The molecule has 0 bridgehead atoms. The lowest BCUT2D eigenvalue weighted by molar-refractivity contribution is -0.114. The van der Waals surface area contributed by atoms with Crippen LogP contribution in [0.2, 0.25) is 0 Å². The molecule has 206 valence electrons. The number of halogens is 2. The van der Waals surface area contributed by atoms with Gasteiger partial charge in [-0.15, -0.1) is 0 Å². The third-order valence-corrected chi connectivity index (χ3v) is 10.8. The molecule has 0 aliphatic carbocycles. The number of ether oxygens (including phenoxy) is 1. The van der Waals surface area contributed by atoms with Crippen LogP contribution in [0.3, 0.4) is 0 Å². The molecule has 2 aromatic heterocycles. The predicted molar refractivity (Wildman–Crippen MR) is 122 cm³/mol. The van der Waals surface area contributed by atoms with Crippen molar-refractivity contribution in [3.63, 3.8) is 0 Å². The lowest BCUT2D eigenvalue weighted by atomic mass is 9.96. The summed E-state index contributed by atoms with van der Waals surface area (Å²) in [5, 5.41) is 18.8. The number of carbonyl (C=O) groups is 1. The molecular weight excluding hydrogens is 570 g/mol. The molecule has 0 radical (unpaired) electrons. The highest BCUT2D eigenvalue weighted by Crippen LogP contribution is 2.77. The molecule has 3 rings (SSSR count). The average Bonchev–Trinajstić information content (AvgIpc) is 3.24. The lowest BCUT2D eigenvalue weighted by Gasteiger charge is -2.28. The number of aliphatic hydroxyl groups excluding tert-OH is 1. The number of aliphatic hydroxyl groups is 2. The second kappa shape index (κ2) is 9.85. The average molecular weight is 592 g/mol. The number of carbonyl (C=O) groups excluding carboxylic acids is 1. The molecule has 1 saturated heterocycles. The van der Waals surface area contributed by atoms with E-state index in [4.69, 9.17) is 19.0 Å². The van der Waals surface area contributed by atoms with Gasteiger partial charge in [0.25, 0.3) is 15.0 Å². The molecule has 6 N–H and O–H groups in total. The Kier molecular flexibility index (Phi) is 7.97. The van der Waals surface area contributed by atoms with Crippen LogP contribution in [0.1, 0.15) is 20.1 Å². The van der Waals surface area contributed by atoms with Gasteiger partial charge in [0, 0.05) is 13.1 Å². The van der Waals surface area contributed by atoms with E-state index < -0.39 is 64.6 Å². The van der Waals surface area contributed by atoms with Crippen molar-refractivity contribution in [2.75, 3.05) is 11.9 Å². The zero-order valence-corrected chi connectivity index (χ0v) is 21.9. The molecule has 3 heterocycles. The van der Waals surface area contributed by atoms with Crippen LogP contribution in [0.25, 0.3) is 11.0 Å². The van der Waals surface area contributed by atoms with Crippen molar-refractivity contribution in [2.45, 2.75) is 43.3 Å². The SMILES string of the molecule is BP(=O)(OC[C@H]1O[C@@H](n2ccc3c(NC(C)=O)ncnc32)[C@](C)(O)C1O)OP(=O)(O)C(F)(F)P(=O)(O)O. The molecule has 6 atom stereocenters. The summed E-state index contributed by atoms with van der Waals surface area (Å²) in [6.07, 6.45) is -2.11. The van der Waals surface area contributed by atoms with Crippen molar-refractivity contribution >= 4 is 53.0 Å². The van der Waals surface area contributed by atoms with Crippen LogP contribution in [-0.4, -0.2) is 82.7 Å². The molecule has 0 spiro atoms. The number of rotatable bonds is 9. The number of anilines is 1. The van der Waals surface area contributed by atoms with Crippen molar-refractivity contribution in [3.05, 3.63) is 18.6 Å². The number of amides is 1. The zero-order chi connectivity index (χ0) is 28.2. The molecule has 2 aromatic rings. The molecule has 37 heavy (non-hydrogen) atoms. The van der Waals surface area contributed by atoms with E-state index in [-0.39, 0.29) is 11.5 Å². The Morgan fingerprint density at radius 2 is 1.95 bits per heavy atom. The molecule has 1 aliphatic rings. The molecule has 1 fully saturated rings. The Labute approximate surface area is 207 Å².